The van der Waals surface area contributed by atoms with Gasteiger partial charge in [0.15, 0.2) is 0 Å². The van der Waals surface area contributed by atoms with Crippen LogP contribution in [0.5, 0.6) is 5.75 Å². The molecule has 0 spiro atoms. The lowest BCUT2D eigenvalue weighted by atomic mass is 9.87. The highest BCUT2D eigenvalue weighted by atomic mass is 35.5. The molecule has 2 aromatic carbocycles. The minimum absolute atomic E-state index is 0.248. The minimum Gasteiger partial charge on any atom is -0.496 e. The summed E-state index contributed by atoms with van der Waals surface area (Å²) in [6, 6.07) is 10.1. The molecule has 0 aromatic heterocycles. The second-order valence-corrected chi connectivity index (χ2v) is 5.84. The van der Waals surface area contributed by atoms with Crippen molar-refractivity contribution in [2.24, 2.45) is 5.73 Å². The second-order valence-electron chi connectivity index (χ2n) is 5.41. The zero-order chi connectivity index (χ0) is 13.5. The minimum atomic E-state index is -0.248. The highest BCUT2D eigenvalue weighted by molar-refractivity contribution is 6.31. The molecule has 2 nitrogen and oxygen atoms in total. The molecule has 2 aromatic rings. The molecule has 0 heterocycles. The zero-order valence-electron chi connectivity index (χ0n) is 11.1. The molecule has 100 valence electrons. The number of fused-ring (bicyclic) bond motifs is 1. The van der Waals surface area contributed by atoms with Crippen LogP contribution in [0.4, 0.5) is 0 Å². The number of hydrogen-bond donors (Lipinski definition) is 1. The van der Waals surface area contributed by atoms with Gasteiger partial charge in [0, 0.05) is 16.1 Å². The van der Waals surface area contributed by atoms with Crippen LogP contribution in [0.2, 0.25) is 5.02 Å². The summed E-state index contributed by atoms with van der Waals surface area (Å²) in [5.41, 5.74) is 7.44. The van der Waals surface area contributed by atoms with Gasteiger partial charge in [-0.2, -0.15) is 0 Å². The molecule has 1 aliphatic carbocycles. The predicted molar refractivity (Wildman–Crippen MR) is 79.8 cm³/mol. The molecule has 1 fully saturated rings. The van der Waals surface area contributed by atoms with Gasteiger partial charge in [0.05, 0.1) is 7.11 Å². The third-order valence-electron chi connectivity index (χ3n) is 4.15. The Kier molecular flexibility index (Phi) is 3.15. The van der Waals surface area contributed by atoms with Crippen molar-refractivity contribution < 1.29 is 4.74 Å². The van der Waals surface area contributed by atoms with E-state index in [-0.39, 0.29) is 5.54 Å². The first kappa shape index (κ1) is 12.8. The molecule has 1 aliphatic rings. The maximum absolute atomic E-state index is 6.57. The molecule has 0 amide bonds. The summed E-state index contributed by atoms with van der Waals surface area (Å²) < 4.78 is 5.55. The zero-order valence-corrected chi connectivity index (χ0v) is 11.8. The Hall–Kier alpha value is -1.25. The van der Waals surface area contributed by atoms with Crippen molar-refractivity contribution in [2.75, 3.05) is 7.11 Å². The Bertz CT molecular complexity index is 617. The molecule has 3 rings (SSSR count). The summed E-state index contributed by atoms with van der Waals surface area (Å²) in [5, 5.41) is 3.01. The van der Waals surface area contributed by atoms with Crippen molar-refractivity contribution in [3.8, 4) is 5.75 Å². The van der Waals surface area contributed by atoms with E-state index in [1.807, 2.05) is 18.2 Å². The number of rotatable bonds is 2. The van der Waals surface area contributed by atoms with E-state index in [4.69, 9.17) is 22.1 Å². The second kappa shape index (κ2) is 4.69. The standard InChI is InChI=1S/C16H18ClNO/c1-19-15-10-11-4-5-13(17)8-12(11)9-14(15)16(18)6-2-3-7-16/h4-5,8-10H,2-3,6-7,18H2,1H3. The highest BCUT2D eigenvalue weighted by Gasteiger charge is 2.33. The van der Waals surface area contributed by atoms with Gasteiger partial charge in [-0.25, -0.2) is 0 Å². The Morgan fingerprint density at radius 3 is 2.53 bits per heavy atom. The quantitative estimate of drug-likeness (QED) is 0.890. The molecule has 0 aliphatic heterocycles. The largest absolute Gasteiger partial charge is 0.496 e. The summed E-state index contributed by atoms with van der Waals surface area (Å²) >= 11 is 6.08. The SMILES string of the molecule is COc1cc2ccc(Cl)cc2cc1C1(N)CCCC1. The summed E-state index contributed by atoms with van der Waals surface area (Å²) in [4.78, 5) is 0. The van der Waals surface area contributed by atoms with Gasteiger partial charge in [0.1, 0.15) is 5.75 Å². The van der Waals surface area contributed by atoms with E-state index >= 15 is 0 Å². The molecule has 0 unspecified atom stereocenters. The van der Waals surface area contributed by atoms with Crippen molar-refractivity contribution in [3.05, 3.63) is 40.9 Å². The van der Waals surface area contributed by atoms with Crippen LogP contribution in [0, 0.1) is 0 Å². The van der Waals surface area contributed by atoms with E-state index < -0.39 is 0 Å². The third kappa shape index (κ3) is 2.19. The summed E-state index contributed by atoms with van der Waals surface area (Å²) in [6.07, 6.45) is 4.42. The van der Waals surface area contributed by atoms with Crippen LogP contribution < -0.4 is 10.5 Å². The molecule has 0 radical (unpaired) electrons. The van der Waals surface area contributed by atoms with Crippen LogP contribution >= 0.6 is 11.6 Å². The first-order valence-corrected chi connectivity index (χ1v) is 7.07. The smallest absolute Gasteiger partial charge is 0.124 e. The van der Waals surface area contributed by atoms with Gasteiger partial charge in [-0.05, 0) is 47.9 Å². The Morgan fingerprint density at radius 1 is 1.11 bits per heavy atom. The fourth-order valence-electron chi connectivity index (χ4n) is 3.08. The summed E-state index contributed by atoms with van der Waals surface area (Å²) in [6.45, 7) is 0. The maximum atomic E-state index is 6.57. The van der Waals surface area contributed by atoms with E-state index in [0.717, 1.165) is 39.9 Å². The van der Waals surface area contributed by atoms with Crippen molar-refractivity contribution in [3.63, 3.8) is 0 Å². The summed E-state index contributed by atoms with van der Waals surface area (Å²) in [5.74, 6) is 0.888. The Balaban J connectivity index is 2.21. The average Bonchev–Trinajstić information content (AvgIpc) is 2.85. The normalized spacial score (nSPS) is 17.8. The van der Waals surface area contributed by atoms with E-state index in [0.29, 0.717) is 0 Å². The average molecular weight is 276 g/mol. The topological polar surface area (TPSA) is 35.2 Å². The number of methoxy groups -OCH3 is 1. The van der Waals surface area contributed by atoms with Gasteiger partial charge in [-0.3, -0.25) is 0 Å². The first-order valence-electron chi connectivity index (χ1n) is 6.69. The Morgan fingerprint density at radius 2 is 1.84 bits per heavy atom. The third-order valence-corrected chi connectivity index (χ3v) is 4.39. The van der Waals surface area contributed by atoms with Gasteiger partial charge in [-0.15, -0.1) is 0 Å². The van der Waals surface area contributed by atoms with Crippen molar-refractivity contribution >= 4 is 22.4 Å². The van der Waals surface area contributed by atoms with Crippen LogP contribution in [-0.4, -0.2) is 7.11 Å². The molecule has 0 bridgehead atoms. The predicted octanol–water partition coefficient (Wildman–Crippen LogP) is 4.23. The number of halogens is 1. The van der Waals surface area contributed by atoms with Crippen LogP contribution in [0.25, 0.3) is 10.8 Å². The Labute approximate surface area is 118 Å². The van der Waals surface area contributed by atoms with E-state index in [2.05, 4.69) is 12.1 Å². The van der Waals surface area contributed by atoms with Crippen molar-refractivity contribution in [1.82, 2.24) is 0 Å². The van der Waals surface area contributed by atoms with Crippen LogP contribution in [0.1, 0.15) is 31.2 Å². The lowest BCUT2D eigenvalue weighted by Gasteiger charge is -2.26. The molecule has 3 heteroatoms. The van der Waals surface area contributed by atoms with Gasteiger partial charge in [0.25, 0.3) is 0 Å². The lowest BCUT2D eigenvalue weighted by Crippen LogP contribution is -2.33. The number of hydrogen-bond acceptors (Lipinski definition) is 2. The molecule has 2 N–H and O–H groups in total. The lowest BCUT2D eigenvalue weighted by molar-refractivity contribution is 0.380. The van der Waals surface area contributed by atoms with Crippen molar-refractivity contribution in [1.29, 1.82) is 0 Å². The molecular weight excluding hydrogens is 258 g/mol. The van der Waals surface area contributed by atoms with Crippen molar-refractivity contribution in [2.45, 2.75) is 31.2 Å². The van der Waals surface area contributed by atoms with Gasteiger partial charge < -0.3 is 10.5 Å². The van der Waals surface area contributed by atoms with Crippen LogP contribution in [-0.2, 0) is 5.54 Å². The summed E-state index contributed by atoms with van der Waals surface area (Å²) in [7, 11) is 1.71. The van der Waals surface area contributed by atoms with Gasteiger partial charge >= 0.3 is 0 Å². The fraction of sp³-hybridized carbons (Fsp3) is 0.375. The van der Waals surface area contributed by atoms with Crippen LogP contribution in [0.15, 0.2) is 30.3 Å². The maximum Gasteiger partial charge on any atom is 0.124 e. The molecular formula is C16H18ClNO. The first-order chi connectivity index (χ1) is 9.12. The molecule has 0 saturated heterocycles. The van der Waals surface area contributed by atoms with E-state index in [1.54, 1.807) is 7.11 Å². The number of nitrogens with two attached hydrogens (primary N) is 1. The highest BCUT2D eigenvalue weighted by Crippen LogP contribution is 2.42. The monoisotopic (exact) mass is 275 g/mol. The molecule has 19 heavy (non-hydrogen) atoms. The van der Waals surface area contributed by atoms with Crippen LogP contribution in [0.3, 0.4) is 0 Å². The molecule has 0 atom stereocenters. The van der Waals surface area contributed by atoms with E-state index in [1.165, 1.54) is 12.8 Å². The van der Waals surface area contributed by atoms with Gasteiger partial charge in [-0.1, -0.05) is 30.5 Å². The fourth-order valence-corrected chi connectivity index (χ4v) is 3.26. The number of ether oxygens (including phenoxy) is 1. The number of benzene rings is 2. The van der Waals surface area contributed by atoms with E-state index in [9.17, 15) is 0 Å². The molecule has 1 saturated carbocycles. The van der Waals surface area contributed by atoms with Gasteiger partial charge in [0.2, 0.25) is 0 Å².